The number of hydrogen-bond donors (Lipinski definition) is 2. The molecule has 1 saturated carbocycles. The summed E-state index contributed by atoms with van der Waals surface area (Å²) in [6, 6.07) is 13.4. The van der Waals surface area contributed by atoms with Crippen LogP contribution in [0.1, 0.15) is 48.0 Å². The van der Waals surface area contributed by atoms with Crippen LogP contribution in [0.4, 0.5) is 5.82 Å². The number of carbonyl (C=O) groups is 1. The van der Waals surface area contributed by atoms with Gasteiger partial charge in [-0.15, -0.1) is 0 Å². The highest BCUT2D eigenvalue weighted by atomic mass is 16.3. The molecule has 3 atom stereocenters. The summed E-state index contributed by atoms with van der Waals surface area (Å²) in [6.45, 7) is 0.551. The SMILES string of the molecule is Nc1ccc(C(=O)N2CCC(O)(c3ccccc3)[C@@H]3CCCC[C@@H]32)cn1. The van der Waals surface area contributed by atoms with E-state index < -0.39 is 5.60 Å². The second kappa shape index (κ2) is 6.72. The van der Waals surface area contributed by atoms with E-state index in [4.69, 9.17) is 5.73 Å². The van der Waals surface area contributed by atoms with Crippen molar-refractivity contribution in [1.82, 2.24) is 9.88 Å². The summed E-state index contributed by atoms with van der Waals surface area (Å²) in [5, 5.41) is 11.6. The molecule has 3 N–H and O–H groups in total. The number of nitrogen functional groups attached to an aromatic ring is 1. The predicted molar refractivity (Wildman–Crippen MR) is 100 cm³/mol. The maximum atomic E-state index is 13.1. The molecule has 0 spiro atoms. The average Bonchev–Trinajstić information content (AvgIpc) is 2.69. The number of piperidine rings is 1. The zero-order valence-electron chi connectivity index (χ0n) is 14.8. The van der Waals surface area contributed by atoms with E-state index in [0.29, 0.717) is 24.3 Å². The first kappa shape index (κ1) is 17.0. The van der Waals surface area contributed by atoms with Gasteiger partial charge in [-0.1, -0.05) is 43.2 Å². The van der Waals surface area contributed by atoms with E-state index in [1.807, 2.05) is 35.2 Å². The first-order valence-electron chi connectivity index (χ1n) is 9.40. The van der Waals surface area contributed by atoms with E-state index in [-0.39, 0.29) is 17.9 Å². The lowest BCUT2D eigenvalue weighted by molar-refractivity contribution is -0.110. The minimum absolute atomic E-state index is 0.00971. The lowest BCUT2D eigenvalue weighted by atomic mass is 9.66. The normalized spacial score (nSPS) is 28.4. The van der Waals surface area contributed by atoms with Crippen molar-refractivity contribution >= 4 is 11.7 Å². The number of nitrogens with zero attached hydrogens (tertiary/aromatic N) is 2. The van der Waals surface area contributed by atoms with Gasteiger partial charge in [0.15, 0.2) is 0 Å². The second-order valence-electron chi connectivity index (χ2n) is 7.47. The molecule has 2 fully saturated rings. The summed E-state index contributed by atoms with van der Waals surface area (Å²) in [4.78, 5) is 19.1. The Kier molecular flexibility index (Phi) is 4.41. The second-order valence-corrected chi connectivity index (χ2v) is 7.47. The number of pyridine rings is 1. The van der Waals surface area contributed by atoms with Crippen LogP contribution < -0.4 is 5.73 Å². The van der Waals surface area contributed by atoms with Crippen LogP contribution in [-0.2, 0) is 5.60 Å². The molecule has 0 bridgehead atoms. The molecule has 1 unspecified atom stereocenters. The maximum Gasteiger partial charge on any atom is 0.255 e. The minimum atomic E-state index is -0.859. The first-order chi connectivity index (χ1) is 12.6. The van der Waals surface area contributed by atoms with Crippen LogP contribution in [0.2, 0.25) is 0 Å². The molecular formula is C21H25N3O2. The molecule has 1 amide bonds. The summed E-state index contributed by atoms with van der Waals surface area (Å²) >= 11 is 0. The molecule has 2 heterocycles. The molecule has 2 aliphatic rings. The van der Waals surface area contributed by atoms with Crippen molar-refractivity contribution in [1.29, 1.82) is 0 Å². The van der Waals surface area contributed by atoms with Crippen LogP contribution in [0, 0.1) is 5.92 Å². The highest BCUT2D eigenvalue weighted by Crippen LogP contribution is 2.47. The van der Waals surface area contributed by atoms with Crippen LogP contribution >= 0.6 is 0 Å². The molecule has 1 aliphatic carbocycles. The molecule has 5 nitrogen and oxygen atoms in total. The molecule has 0 radical (unpaired) electrons. The molecule has 1 saturated heterocycles. The van der Waals surface area contributed by atoms with Gasteiger partial charge in [-0.2, -0.15) is 0 Å². The van der Waals surface area contributed by atoms with Crippen LogP contribution in [-0.4, -0.2) is 33.5 Å². The number of carbonyl (C=O) groups excluding carboxylic acids is 1. The van der Waals surface area contributed by atoms with Crippen molar-refractivity contribution in [3.05, 3.63) is 59.8 Å². The van der Waals surface area contributed by atoms with Crippen LogP contribution in [0.15, 0.2) is 48.7 Å². The lowest BCUT2D eigenvalue weighted by Crippen LogP contribution is -2.59. The highest BCUT2D eigenvalue weighted by Gasteiger charge is 2.50. The number of amides is 1. The van der Waals surface area contributed by atoms with Gasteiger partial charge in [-0.25, -0.2) is 4.98 Å². The van der Waals surface area contributed by atoms with Gasteiger partial charge >= 0.3 is 0 Å². The molecular weight excluding hydrogens is 326 g/mol. The van der Waals surface area contributed by atoms with Crippen LogP contribution in [0.25, 0.3) is 0 Å². The molecule has 1 aliphatic heterocycles. The summed E-state index contributed by atoms with van der Waals surface area (Å²) in [5.41, 5.74) is 6.32. The average molecular weight is 351 g/mol. The Morgan fingerprint density at radius 2 is 1.92 bits per heavy atom. The summed E-state index contributed by atoms with van der Waals surface area (Å²) < 4.78 is 0. The smallest absolute Gasteiger partial charge is 0.255 e. The maximum absolute atomic E-state index is 13.1. The van der Waals surface area contributed by atoms with E-state index in [1.165, 1.54) is 0 Å². The van der Waals surface area contributed by atoms with Gasteiger partial charge in [-0.05, 0) is 37.0 Å². The van der Waals surface area contributed by atoms with Crippen molar-refractivity contribution in [2.24, 2.45) is 5.92 Å². The summed E-state index contributed by atoms with van der Waals surface area (Å²) in [7, 11) is 0. The number of nitrogens with two attached hydrogens (primary N) is 1. The van der Waals surface area contributed by atoms with Gasteiger partial charge in [0.05, 0.1) is 11.2 Å². The number of rotatable bonds is 2. The predicted octanol–water partition coefficient (Wildman–Crippen LogP) is 2.96. The molecule has 2 aromatic rings. The number of fused-ring (bicyclic) bond motifs is 1. The van der Waals surface area contributed by atoms with E-state index in [2.05, 4.69) is 4.98 Å². The Hall–Kier alpha value is -2.40. The van der Waals surface area contributed by atoms with Crippen molar-refractivity contribution in [2.45, 2.75) is 43.7 Å². The minimum Gasteiger partial charge on any atom is -0.385 e. The molecule has 1 aromatic carbocycles. The Labute approximate surface area is 153 Å². The van der Waals surface area contributed by atoms with Crippen molar-refractivity contribution in [3.63, 3.8) is 0 Å². The third kappa shape index (κ3) is 2.86. The van der Waals surface area contributed by atoms with Gasteiger partial charge < -0.3 is 15.7 Å². The molecule has 1 aromatic heterocycles. The molecule has 5 heteroatoms. The van der Waals surface area contributed by atoms with E-state index in [9.17, 15) is 9.90 Å². The number of anilines is 1. The highest BCUT2D eigenvalue weighted by molar-refractivity contribution is 5.94. The Bertz CT molecular complexity index is 778. The van der Waals surface area contributed by atoms with Gasteiger partial charge in [-0.3, -0.25) is 4.79 Å². The van der Waals surface area contributed by atoms with E-state index in [1.54, 1.807) is 18.3 Å². The quantitative estimate of drug-likeness (QED) is 0.872. The number of aromatic nitrogens is 1. The zero-order chi connectivity index (χ0) is 18.1. The van der Waals surface area contributed by atoms with Crippen molar-refractivity contribution < 1.29 is 9.90 Å². The fourth-order valence-corrected chi connectivity index (χ4v) is 4.72. The number of benzene rings is 1. The number of aliphatic hydroxyl groups is 1. The summed E-state index contributed by atoms with van der Waals surface area (Å²) in [6.07, 6.45) is 6.19. The fraction of sp³-hybridized carbons (Fsp3) is 0.429. The van der Waals surface area contributed by atoms with E-state index >= 15 is 0 Å². The van der Waals surface area contributed by atoms with Gasteiger partial charge in [0.1, 0.15) is 5.82 Å². The largest absolute Gasteiger partial charge is 0.385 e. The van der Waals surface area contributed by atoms with Gasteiger partial charge in [0.2, 0.25) is 0 Å². The Morgan fingerprint density at radius 3 is 2.65 bits per heavy atom. The van der Waals surface area contributed by atoms with Gasteiger partial charge in [0.25, 0.3) is 5.91 Å². The van der Waals surface area contributed by atoms with E-state index in [0.717, 1.165) is 31.2 Å². The fourth-order valence-electron chi connectivity index (χ4n) is 4.72. The van der Waals surface area contributed by atoms with Crippen molar-refractivity contribution in [3.8, 4) is 0 Å². The molecule has 26 heavy (non-hydrogen) atoms. The number of likely N-dealkylation sites (tertiary alicyclic amines) is 1. The zero-order valence-corrected chi connectivity index (χ0v) is 14.8. The summed E-state index contributed by atoms with van der Waals surface area (Å²) in [5.74, 6) is 0.469. The monoisotopic (exact) mass is 351 g/mol. The third-order valence-electron chi connectivity index (χ3n) is 6.04. The standard InChI is InChI=1S/C21H25N3O2/c22-19-11-10-15(14-23-19)20(25)24-13-12-21(26,16-6-2-1-3-7-16)17-8-4-5-9-18(17)24/h1-3,6-7,10-11,14,17-18,26H,4-5,8-9,12-13H2,(H2,22,23)/t17-,18+,21?/m1/s1. The Morgan fingerprint density at radius 1 is 1.15 bits per heavy atom. The molecule has 4 rings (SSSR count). The Balaban J connectivity index is 1.64. The molecule has 136 valence electrons. The lowest BCUT2D eigenvalue weighted by Gasteiger charge is -2.52. The van der Waals surface area contributed by atoms with Crippen LogP contribution in [0.3, 0.4) is 0 Å². The van der Waals surface area contributed by atoms with Crippen molar-refractivity contribution in [2.75, 3.05) is 12.3 Å². The first-order valence-corrected chi connectivity index (χ1v) is 9.40. The topological polar surface area (TPSA) is 79.5 Å². The number of hydrogen-bond acceptors (Lipinski definition) is 4. The van der Waals surface area contributed by atoms with Crippen LogP contribution in [0.5, 0.6) is 0 Å². The third-order valence-corrected chi connectivity index (χ3v) is 6.04. The van der Waals surface area contributed by atoms with Gasteiger partial charge in [0, 0.05) is 24.7 Å².